The van der Waals surface area contributed by atoms with E-state index in [9.17, 15) is 4.79 Å². The van der Waals surface area contributed by atoms with Crippen molar-refractivity contribution >= 4 is 17.5 Å². The first-order valence-corrected chi connectivity index (χ1v) is 8.14. The number of likely N-dealkylation sites (tertiary alicyclic amines) is 1. The van der Waals surface area contributed by atoms with Gasteiger partial charge in [-0.25, -0.2) is 4.98 Å². The molecule has 2 aromatic rings. The van der Waals surface area contributed by atoms with Crippen LogP contribution < -0.4 is 5.73 Å². The van der Waals surface area contributed by atoms with Crippen LogP contribution in [0.1, 0.15) is 24.3 Å². The normalized spacial score (nSPS) is 16.6. The van der Waals surface area contributed by atoms with Crippen molar-refractivity contribution in [3.63, 3.8) is 0 Å². The molecular formula is C17H20ClN3O2. The van der Waals surface area contributed by atoms with Crippen LogP contribution in [0.5, 0.6) is 0 Å². The van der Waals surface area contributed by atoms with Crippen molar-refractivity contribution in [1.29, 1.82) is 0 Å². The van der Waals surface area contributed by atoms with Gasteiger partial charge in [-0.15, -0.1) is 0 Å². The molecule has 1 aliphatic heterocycles. The number of nitrogens with two attached hydrogens (primary N) is 1. The number of carbonyl (C=O) groups is 1. The second-order valence-corrected chi connectivity index (χ2v) is 6.42. The molecule has 2 N–H and O–H groups in total. The highest BCUT2D eigenvalue weighted by atomic mass is 35.5. The summed E-state index contributed by atoms with van der Waals surface area (Å²) >= 11 is 5.91. The Morgan fingerprint density at radius 2 is 2.00 bits per heavy atom. The molecule has 1 saturated heterocycles. The molecule has 23 heavy (non-hydrogen) atoms. The van der Waals surface area contributed by atoms with Crippen LogP contribution in [-0.4, -0.2) is 28.9 Å². The van der Waals surface area contributed by atoms with E-state index in [4.69, 9.17) is 21.8 Å². The van der Waals surface area contributed by atoms with Crippen molar-refractivity contribution in [3.8, 4) is 11.5 Å². The summed E-state index contributed by atoms with van der Waals surface area (Å²) in [5.41, 5.74) is 7.22. The van der Waals surface area contributed by atoms with Crippen LogP contribution in [0, 0.1) is 12.8 Å². The molecule has 1 amide bonds. The number of halogens is 1. The minimum Gasteiger partial charge on any atom is -0.441 e. The first kappa shape index (κ1) is 16.0. The van der Waals surface area contributed by atoms with Gasteiger partial charge in [-0.1, -0.05) is 11.6 Å². The summed E-state index contributed by atoms with van der Waals surface area (Å²) in [5, 5.41) is 0.689. The number of piperidine rings is 1. The Hall–Kier alpha value is -1.85. The fourth-order valence-corrected chi connectivity index (χ4v) is 3.00. The molecule has 0 atom stereocenters. The Balaban J connectivity index is 1.67. The molecule has 3 rings (SSSR count). The molecule has 0 bridgehead atoms. The smallest absolute Gasteiger partial charge is 0.226 e. The highest BCUT2D eigenvalue weighted by molar-refractivity contribution is 6.30. The van der Waals surface area contributed by atoms with Gasteiger partial charge in [0, 0.05) is 23.0 Å². The Bertz CT molecular complexity index is 688. The third-order valence-corrected chi connectivity index (χ3v) is 4.60. The molecule has 1 aromatic heterocycles. The number of aryl methyl sites for hydroxylation is 1. The molecule has 6 heteroatoms. The monoisotopic (exact) mass is 333 g/mol. The van der Waals surface area contributed by atoms with Gasteiger partial charge in [-0.05, 0) is 57.1 Å². The van der Waals surface area contributed by atoms with Crippen LogP contribution in [0.15, 0.2) is 28.7 Å². The maximum Gasteiger partial charge on any atom is 0.226 e. The van der Waals surface area contributed by atoms with Crippen molar-refractivity contribution in [2.75, 3.05) is 13.1 Å². The van der Waals surface area contributed by atoms with E-state index in [1.165, 1.54) is 0 Å². The molecule has 5 nitrogen and oxygen atoms in total. The minimum absolute atomic E-state index is 0.00860. The van der Waals surface area contributed by atoms with Crippen LogP contribution in [-0.2, 0) is 11.3 Å². The van der Waals surface area contributed by atoms with Gasteiger partial charge in [0.2, 0.25) is 11.8 Å². The summed E-state index contributed by atoms with van der Waals surface area (Å²) in [7, 11) is 0. The molecule has 1 aliphatic rings. The summed E-state index contributed by atoms with van der Waals surface area (Å²) in [4.78, 5) is 18.1. The zero-order chi connectivity index (χ0) is 16.4. The van der Waals surface area contributed by atoms with E-state index in [2.05, 4.69) is 9.88 Å². The Morgan fingerprint density at radius 3 is 2.61 bits per heavy atom. The second kappa shape index (κ2) is 6.72. The van der Waals surface area contributed by atoms with Crippen molar-refractivity contribution < 1.29 is 9.21 Å². The molecule has 1 aromatic carbocycles. The van der Waals surface area contributed by atoms with Crippen molar-refractivity contribution in [2.45, 2.75) is 26.3 Å². The topological polar surface area (TPSA) is 72.4 Å². The van der Waals surface area contributed by atoms with Gasteiger partial charge in [-0.3, -0.25) is 9.69 Å². The average molecular weight is 334 g/mol. The number of primary amides is 1. The summed E-state index contributed by atoms with van der Waals surface area (Å²) in [6.07, 6.45) is 1.63. The van der Waals surface area contributed by atoms with Crippen molar-refractivity contribution in [1.82, 2.24) is 9.88 Å². The van der Waals surface area contributed by atoms with Gasteiger partial charge in [0.15, 0.2) is 0 Å². The maximum absolute atomic E-state index is 11.2. The van der Waals surface area contributed by atoms with Gasteiger partial charge in [0.1, 0.15) is 5.76 Å². The van der Waals surface area contributed by atoms with Crippen molar-refractivity contribution in [2.24, 2.45) is 11.7 Å². The molecular weight excluding hydrogens is 314 g/mol. The predicted molar refractivity (Wildman–Crippen MR) is 88.9 cm³/mol. The quantitative estimate of drug-likeness (QED) is 0.933. The molecule has 0 radical (unpaired) electrons. The average Bonchev–Trinajstić information content (AvgIpc) is 2.89. The molecule has 122 valence electrons. The number of carbonyl (C=O) groups excluding carboxylic acids is 1. The fraction of sp³-hybridized carbons (Fsp3) is 0.412. The number of rotatable bonds is 4. The lowest BCUT2D eigenvalue weighted by atomic mass is 9.96. The lowest BCUT2D eigenvalue weighted by molar-refractivity contribution is -0.123. The third-order valence-electron chi connectivity index (χ3n) is 4.35. The maximum atomic E-state index is 11.2. The first-order valence-electron chi connectivity index (χ1n) is 7.77. The molecule has 1 fully saturated rings. The standard InChI is InChI=1S/C17H20ClN3O2/c1-11-15(10-21-8-6-12(7-9-21)16(19)22)20-17(23-11)13-2-4-14(18)5-3-13/h2-5,12H,6-10H2,1H3,(H2,19,22). The number of benzene rings is 1. The Kier molecular flexibility index (Phi) is 4.68. The van der Waals surface area contributed by atoms with Gasteiger partial charge in [0.05, 0.1) is 5.69 Å². The van der Waals surface area contributed by atoms with Crippen LogP contribution in [0.2, 0.25) is 5.02 Å². The van der Waals surface area contributed by atoms with E-state index in [1.807, 2.05) is 31.2 Å². The van der Waals surface area contributed by atoms with Crippen LogP contribution >= 0.6 is 11.6 Å². The number of amides is 1. The van der Waals surface area contributed by atoms with Gasteiger partial charge in [0.25, 0.3) is 0 Å². The molecule has 0 saturated carbocycles. The van der Waals surface area contributed by atoms with Gasteiger partial charge >= 0.3 is 0 Å². The van der Waals surface area contributed by atoms with E-state index in [-0.39, 0.29) is 11.8 Å². The zero-order valence-corrected chi connectivity index (χ0v) is 13.8. The lowest BCUT2D eigenvalue weighted by Crippen LogP contribution is -2.38. The van der Waals surface area contributed by atoms with Crippen LogP contribution in [0.4, 0.5) is 0 Å². The number of aromatic nitrogens is 1. The number of nitrogens with zero attached hydrogens (tertiary/aromatic N) is 2. The lowest BCUT2D eigenvalue weighted by Gasteiger charge is -2.29. The van der Waals surface area contributed by atoms with Gasteiger partial charge in [-0.2, -0.15) is 0 Å². The van der Waals surface area contributed by atoms with E-state index < -0.39 is 0 Å². The van der Waals surface area contributed by atoms with E-state index in [0.717, 1.165) is 49.5 Å². The Morgan fingerprint density at radius 1 is 1.35 bits per heavy atom. The van der Waals surface area contributed by atoms with Crippen LogP contribution in [0.3, 0.4) is 0 Å². The zero-order valence-electron chi connectivity index (χ0n) is 13.1. The predicted octanol–water partition coefficient (Wildman–Crippen LogP) is 3.00. The number of hydrogen-bond donors (Lipinski definition) is 1. The largest absolute Gasteiger partial charge is 0.441 e. The summed E-state index contributed by atoms with van der Waals surface area (Å²) in [6.45, 7) is 4.37. The highest BCUT2D eigenvalue weighted by Gasteiger charge is 2.24. The highest BCUT2D eigenvalue weighted by Crippen LogP contribution is 2.25. The number of hydrogen-bond acceptors (Lipinski definition) is 4. The SMILES string of the molecule is Cc1oc(-c2ccc(Cl)cc2)nc1CN1CCC(C(N)=O)CC1. The van der Waals surface area contributed by atoms with Gasteiger partial charge < -0.3 is 10.2 Å². The molecule has 0 unspecified atom stereocenters. The second-order valence-electron chi connectivity index (χ2n) is 5.98. The summed E-state index contributed by atoms with van der Waals surface area (Å²) in [6, 6.07) is 7.45. The van der Waals surface area contributed by atoms with E-state index in [1.54, 1.807) is 0 Å². The molecule has 0 spiro atoms. The van der Waals surface area contributed by atoms with Crippen LogP contribution in [0.25, 0.3) is 11.5 Å². The first-order chi connectivity index (χ1) is 11.0. The fourth-order valence-electron chi connectivity index (χ4n) is 2.88. The molecule has 0 aliphatic carbocycles. The minimum atomic E-state index is -0.188. The third kappa shape index (κ3) is 3.74. The summed E-state index contributed by atoms with van der Waals surface area (Å²) in [5.74, 6) is 1.26. The summed E-state index contributed by atoms with van der Waals surface area (Å²) < 4.78 is 5.79. The number of oxazole rings is 1. The Labute approximate surface area is 140 Å². The molecule has 2 heterocycles. The van der Waals surface area contributed by atoms with Crippen molar-refractivity contribution in [3.05, 3.63) is 40.7 Å². The van der Waals surface area contributed by atoms with E-state index >= 15 is 0 Å². The van der Waals surface area contributed by atoms with E-state index in [0.29, 0.717) is 10.9 Å².